The molecule has 262 valence electrons. The second-order valence-corrected chi connectivity index (χ2v) is 15.5. The molecule has 2 aliphatic rings. The van der Waals surface area contributed by atoms with E-state index < -0.39 is 5.41 Å². The molecule has 1 aliphatic heterocycles. The van der Waals surface area contributed by atoms with Crippen LogP contribution in [0.25, 0.3) is 67.3 Å². The van der Waals surface area contributed by atoms with E-state index in [4.69, 9.17) is 9.97 Å². The maximum atomic E-state index is 5.23. The van der Waals surface area contributed by atoms with Gasteiger partial charge in [-0.2, -0.15) is 0 Å². The van der Waals surface area contributed by atoms with Crippen molar-refractivity contribution >= 4 is 11.8 Å². The Kier molecular flexibility index (Phi) is 7.68. The van der Waals surface area contributed by atoms with Crippen LogP contribution in [0.4, 0.5) is 0 Å². The van der Waals surface area contributed by atoms with Gasteiger partial charge in [0.25, 0.3) is 0 Å². The fourth-order valence-electron chi connectivity index (χ4n) is 9.00. The lowest BCUT2D eigenvalue weighted by atomic mass is 9.67. The third-order valence-corrected chi connectivity index (χ3v) is 12.5. The number of benzene rings is 8. The van der Waals surface area contributed by atoms with Gasteiger partial charge in [-0.05, 0) is 73.8 Å². The molecule has 0 bridgehead atoms. The molecule has 0 radical (unpaired) electrons. The first-order chi connectivity index (χ1) is 27.8. The molecule has 3 heteroatoms. The molecule has 1 aromatic heterocycles. The minimum atomic E-state index is -0.394. The fourth-order valence-corrected chi connectivity index (χ4v) is 10.2. The highest BCUT2D eigenvalue weighted by atomic mass is 32.2. The summed E-state index contributed by atoms with van der Waals surface area (Å²) in [6.45, 7) is 0. The highest BCUT2D eigenvalue weighted by Crippen LogP contribution is 2.62. The van der Waals surface area contributed by atoms with Gasteiger partial charge in [-0.3, -0.25) is 0 Å². The molecule has 1 spiro atoms. The van der Waals surface area contributed by atoms with Gasteiger partial charge in [0.2, 0.25) is 0 Å². The van der Waals surface area contributed by atoms with Crippen molar-refractivity contribution in [2.24, 2.45) is 0 Å². The van der Waals surface area contributed by atoms with Gasteiger partial charge >= 0.3 is 0 Å². The van der Waals surface area contributed by atoms with E-state index in [2.05, 4.69) is 182 Å². The van der Waals surface area contributed by atoms with Crippen LogP contribution < -0.4 is 0 Å². The summed E-state index contributed by atoms with van der Waals surface area (Å²) in [5, 5.41) is 0. The Hall–Kier alpha value is -6.81. The third-order valence-electron chi connectivity index (χ3n) is 11.4. The van der Waals surface area contributed by atoms with E-state index in [1.165, 1.54) is 54.3 Å². The second-order valence-electron chi connectivity index (χ2n) is 14.4. The molecule has 0 N–H and O–H groups in total. The van der Waals surface area contributed by atoms with Crippen molar-refractivity contribution in [3.05, 3.63) is 229 Å². The molecule has 8 aromatic carbocycles. The second kappa shape index (κ2) is 13.2. The summed E-state index contributed by atoms with van der Waals surface area (Å²) in [6, 6.07) is 74.4. The first-order valence-electron chi connectivity index (χ1n) is 19.1. The maximum absolute atomic E-state index is 5.23. The molecular weight excluding hydrogens is 697 g/mol. The summed E-state index contributed by atoms with van der Waals surface area (Å²) in [6.07, 6.45) is 0. The summed E-state index contributed by atoms with van der Waals surface area (Å²) in [5.41, 5.74) is 17.2. The molecule has 2 heterocycles. The third kappa shape index (κ3) is 5.05. The molecular formula is C53H34N2S. The van der Waals surface area contributed by atoms with Gasteiger partial charge in [0.05, 0.1) is 16.8 Å². The van der Waals surface area contributed by atoms with E-state index in [1.807, 2.05) is 36.0 Å². The standard InChI is InChI=1S/C53H34N2S/c1-3-17-35(18-4-1)48-34-49(55-52(54-48)36-19-5-2-6-20-36)43-26-10-9-23-40(43)39-22-8-7-21-38(39)37-31-32-47-51(33-37)56-50-30-16-15-29-46(50)53(47)44-27-13-11-24-41(44)42-25-12-14-28-45(42)53/h1-34H. The zero-order valence-electron chi connectivity index (χ0n) is 30.4. The van der Waals surface area contributed by atoms with Crippen LogP contribution in [0.1, 0.15) is 22.3 Å². The number of hydrogen-bond acceptors (Lipinski definition) is 3. The van der Waals surface area contributed by atoms with Gasteiger partial charge in [0, 0.05) is 26.5 Å². The van der Waals surface area contributed by atoms with Crippen LogP contribution in [0.3, 0.4) is 0 Å². The highest BCUT2D eigenvalue weighted by Gasteiger charge is 2.50. The number of rotatable bonds is 5. The first kappa shape index (κ1) is 32.6. The maximum Gasteiger partial charge on any atom is 0.160 e. The quantitative estimate of drug-likeness (QED) is 0.176. The average Bonchev–Trinajstić information content (AvgIpc) is 3.57. The van der Waals surface area contributed by atoms with Crippen LogP contribution in [0.2, 0.25) is 0 Å². The van der Waals surface area contributed by atoms with E-state index >= 15 is 0 Å². The normalized spacial score (nSPS) is 13.1. The Morgan fingerprint density at radius 1 is 0.304 bits per heavy atom. The van der Waals surface area contributed by atoms with Gasteiger partial charge in [-0.1, -0.05) is 200 Å². The van der Waals surface area contributed by atoms with Crippen LogP contribution in [0, 0.1) is 0 Å². The smallest absolute Gasteiger partial charge is 0.160 e. The van der Waals surface area contributed by atoms with Crippen LogP contribution in [0.5, 0.6) is 0 Å². The molecule has 1 aliphatic carbocycles. The molecule has 0 saturated heterocycles. The Morgan fingerprint density at radius 3 is 1.46 bits per heavy atom. The minimum absolute atomic E-state index is 0.394. The predicted molar refractivity (Wildman–Crippen MR) is 231 cm³/mol. The predicted octanol–water partition coefficient (Wildman–Crippen LogP) is 13.6. The lowest BCUT2D eigenvalue weighted by Gasteiger charge is -2.39. The van der Waals surface area contributed by atoms with Crippen molar-refractivity contribution < 1.29 is 0 Å². The fraction of sp³-hybridized carbons (Fsp3) is 0.0189. The molecule has 0 unspecified atom stereocenters. The molecule has 0 atom stereocenters. The van der Waals surface area contributed by atoms with Crippen molar-refractivity contribution in [3.8, 4) is 67.3 Å². The monoisotopic (exact) mass is 730 g/mol. The molecule has 11 rings (SSSR count). The number of fused-ring (bicyclic) bond motifs is 9. The van der Waals surface area contributed by atoms with Gasteiger partial charge in [-0.15, -0.1) is 0 Å². The SMILES string of the molecule is c1ccc(-c2cc(-c3ccccc3-c3ccccc3-c3ccc4c(c3)Sc3ccccc3C43c4ccccc4-c4ccccc43)nc(-c3ccccc3)n2)cc1. The summed E-state index contributed by atoms with van der Waals surface area (Å²) < 4.78 is 0. The van der Waals surface area contributed by atoms with Crippen LogP contribution >= 0.6 is 11.8 Å². The summed E-state index contributed by atoms with van der Waals surface area (Å²) >= 11 is 1.89. The van der Waals surface area contributed by atoms with Crippen molar-refractivity contribution in [1.82, 2.24) is 9.97 Å². The van der Waals surface area contributed by atoms with E-state index in [0.717, 1.165) is 39.2 Å². The van der Waals surface area contributed by atoms with Crippen molar-refractivity contribution in [2.75, 3.05) is 0 Å². The zero-order chi connectivity index (χ0) is 37.1. The van der Waals surface area contributed by atoms with E-state index in [0.29, 0.717) is 5.82 Å². The average molecular weight is 731 g/mol. The first-order valence-corrected chi connectivity index (χ1v) is 19.9. The Labute approximate surface area is 331 Å². The molecule has 56 heavy (non-hydrogen) atoms. The van der Waals surface area contributed by atoms with Crippen LogP contribution in [-0.2, 0) is 5.41 Å². The van der Waals surface area contributed by atoms with Crippen molar-refractivity contribution in [3.63, 3.8) is 0 Å². The van der Waals surface area contributed by atoms with Crippen LogP contribution in [0.15, 0.2) is 216 Å². The molecule has 0 amide bonds. The summed E-state index contributed by atoms with van der Waals surface area (Å²) in [5.74, 6) is 0.709. The summed E-state index contributed by atoms with van der Waals surface area (Å²) in [7, 11) is 0. The van der Waals surface area contributed by atoms with E-state index in [-0.39, 0.29) is 0 Å². The van der Waals surface area contributed by atoms with Gasteiger partial charge in [0.1, 0.15) is 0 Å². The molecule has 9 aromatic rings. The van der Waals surface area contributed by atoms with Gasteiger partial charge in [0.15, 0.2) is 5.82 Å². The zero-order valence-corrected chi connectivity index (χ0v) is 31.2. The Balaban J connectivity index is 1.09. The highest BCUT2D eigenvalue weighted by molar-refractivity contribution is 7.99. The lowest BCUT2D eigenvalue weighted by Crippen LogP contribution is -2.31. The minimum Gasteiger partial charge on any atom is -0.228 e. The largest absolute Gasteiger partial charge is 0.228 e. The summed E-state index contributed by atoms with van der Waals surface area (Å²) in [4.78, 5) is 12.9. The molecule has 0 fully saturated rings. The topological polar surface area (TPSA) is 25.8 Å². The number of hydrogen-bond donors (Lipinski definition) is 0. The number of nitrogens with zero attached hydrogens (tertiary/aromatic N) is 2. The van der Waals surface area contributed by atoms with Gasteiger partial charge < -0.3 is 0 Å². The van der Waals surface area contributed by atoms with Crippen molar-refractivity contribution in [1.29, 1.82) is 0 Å². The molecule has 0 saturated carbocycles. The lowest BCUT2D eigenvalue weighted by molar-refractivity contribution is 0.722. The van der Waals surface area contributed by atoms with E-state index in [9.17, 15) is 0 Å². The Morgan fingerprint density at radius 2 is 0.786 bits per heavy atom. The number of aromatic nitrogens is 2. The van der Waals surface area contributed by atoms with Gasteiger partial charge in [-0.25, -0.2) is 9.97 Å². The Bertz CT molecular complexity index is 2850. The van der Waals surface area contributed by atoms with Crippen molar-refractivity contribution in [2.45, 2.75) is 15.2 Å². The van der Waals surface area contributed by atoms with E-state index in [1.54, 1.807) is 0 Å². The molecule has 2 nitrogen and oxygen atoms in total. The van der Waals surface area contributed by atoms with Crippen LogP contribution in [-0.4, -0.2) is 9.97 Å².